The lowest BCUT2D eigenvalue weighted by Crippen LogP contribution is -2.56. The molecule has 2 atom stereocenters. The van der Waals surface area contributed by atoms with E-state index in [2.05, 4.69) is 10.2 Å². The number of urea groups is 1. The van der Waals surface area contributed by atoms with Gasteiger partial charge in [-0.3, -0.25) is 9.69 Å². The smallest absolute Gasteiger partial charge is 0.317 e. The Kier molecular flexibility index (Phi) is 4.86. The monoisotopic (exact) mass is 283 g/mol. The van der Waals surface area contributed by atoms with Crippen molar-refractivity contribution in [2.75, 3.05) is 26.2 Å². The third-order valence-corrected chi connectivity index (χ3v) is 4.38. The molecule has 0 bridgehead atoms. The fraction of sp³-hybridized carbons (Fsp3) is 0.857. The molecule has 2 unspecified atom stereocenters. The molecule has 2 aliphatic heterocycles. The van der Waals surface area contributed by atoms with E-state index in [0.29, 0.717) is 6.04 Å². The van der Waals surface area contributed by atoms with E-state index in [0.717, 1.165) is 32.6 Å². The highest BCUT2D eigenvalue weighted by atomic mass is 16.4. The first-order chi connectivity index (χ1) is 9.47. The van der Waals surface area contributed by atoms with Gasteiger partial charge in [0.25, 0.3) is 0 Å². The van der Waals surface area contributed by atoms with E-state index in [1.54, 1.807) is 0 Å². The highest BCUT2D eigenvalue weighted by molar-refractivity contribution is 5.76. The molecule has 0 spiro atoms. The van der Waals surface area contributed by atoms with Crippen molar-refractivity contribution in [3.05, 3.63) is 0 Å². The molecular formula is C14H25N3O3. The van der Waals surface area contributed by atoms with Gasteiger partial charge in [0.2, 0.25) is 0 Å². The number of carbonyl (C=O) groups is 2. The van der Waals surface area contributed by atoms with Gasteiger partial charge in [-0.05, 0) is 25.3 Å². The Morgan fingerprint density at radius 2 is 2.05 bits per heavy atom. The maximum atomic E-state index is 12.3. The number of carboxylic acids is 1. The molecule has 2 aliphatic rings. The number of carboxylic acid groups (broad SMARTS) is 1. The van der Waals surface area contributed by atoms with E-state index in [-0.39, 0.29) is 24.4 Å². The van der Waals surface area contributed by atoms with Gasteiger partial charge in [0.05, 0.1) is 6.42 Å². The van der Waals surface area contributed by atoms with Crippen molar-refractivity contribution < 1.29 is 14.7 Å². The summed E-state index contributed by atoms with van der Waals surface area (Å²) in [4.78, 5) is 27.4. The number of amides is 2. The maximum Gasteiger partial charge on any atom is 0.317 e. The summed E-state index contributed by atoms with van der Waals surface area (Å²) < 4.78 is 0. The first-order valence-corrected chi connectivity index (χ1v) is 7.48. The highest BCUT2D eigenvalue weighted by Gasteiger charge is 2.33. The van der Waals surface area contributed by atoms with Gasteiger partial charge in [0, 0.05) is 31.7 Å². The van der Waals surface area contributed by atoms with Crippen molar-refractivity contribution in [3.63, 3.8) is 0 Å². The summed E-state index contributed by atoms with van der Waals surface area (Å²) in [6.45, 7) is 7.45. The molecule has 0 radical (unpaired) electrons. The van der Waals surface area contributed by atoms with E-state index in [4.69, 9.17) is 5.11 Å². The first-order valence-electron chi connectivity index (χ1n) is 7.48. The number of fused-ring (bicyclic) bond motifs is 1. The van der Waals surface area contributed by atoms with Crippen LogP contribution in [0.15, 0.2) is 0 Å². The molecule has 2 fully saturated rings. The van der Waals surface area contributed by atoms with Crippen LogP contribution in [0.2, 0.25) is 0 Å². The van der Waals surface area contributed by atoms with Crippen molar-refractivity contribution >= 4 is 12.0 Å². The van der Waals surface area contributed by atoms with Gasteiger partial charge in [-0.15, -0.1) is 0 Å². The Morgan fingerprint density at radius 3 is 2.70 bits per heavy atom. The second kappa shape index (κ2) is 6.43. The molecule has 0 aromatic carbocycles. The number of hydrogen-bond donors (Lipinski definition) is 2. The van der Waals surface area contributed by atoms with Crippen molar-refractivity contribution in [1.29, 1.82) is 0 Å². The molecule has 2 rings (SSSR count). The fourth-order valence-electron chi connectivity index (χ4n) is 3.07. The zero-order valence-corrected chi connectivity index (χ0v) is 12.3. The molecule has 114 valence electrons. The maximum absolute atomic E-state index is 12.3. The quantitative estimate of drug-likeness (QED) is 0.806. The minimum Gasteiger partial charge on any atom is -0.481 e. The highest BCUT2D eigenvalue weighted by Crippen LogP contribution is 2.21. The molecule has 2 saturated heterocycles. The summed E-state index contributed by atoms with van der Waals surface area (Å²) in [5.74, 6) is -0.757. The predicted molar refractivity (Wildman–Crippen MR) is 75.6 cm³/mol. The van der Waals surface area contributed by atoms with Crippen molar-refractivity contribution in [3.8, 4) is 0 Å². The second-order valence-electron chi connectivity index (χ2n) is 6.18. The molecule has 2 heterocycles. The van der Waals surface area contributed by atoms with Crippen LogP contribution in [-0.2, 0) is 4.79 Å². The average Bonchev–Trinajstić information content (AvgIpc) is 2.84. The lowest BCUT2D eigenvalue weighted by atomic mass is 10.0. The van der Waals surface area contributed by atoms with Crippen molar-refractivity contribution in [2.45, 2.75) is 45.2 Å². The molecule has 0 aliphatic carbocycles. The minimum atomic E-state index is -0.871. The second-order valence-corrected chi connectivity index (χ2v) is 6.18. The SMILES string of the molecule is CC(C)C(CC(=O)O)NC(=O)N1CCN2CCCC2C1. The number of nitrogens with zero attached hydrogens (tertiary/aromatic N) is 2. The van der Waals surface area contributed by atoms with Gasteiger partial charge in [0.15, 0.2) is 0 Å². The molecule has 0 saturated carbocycles. The number of piperazine rings is 1. The van der Waals surface area contributed by atoms with Crippen LogP contribution < -0.4 is 5.32 Å². The average molecular weight is 283 g/mol. The number of carbonyl (C=O) groups excluding carboxylic acids is 1. The van der Waals surface area contributed by atoms with E-state index >= 15 is 0 Å². The summed E-state index contributed by atoms with van der Waals surface area (Å²) in [5, 5.41) is 11.8. The van der Waals surface area contributed by atoms with E-state index in [9.17, 15) is 9.59 Å². The Morgan fingerprint density at radius 1 is 1.30 bits per heavy atom. The Bertz CT molecular complexity index is 373. The molecule has 0 aromatic rings. The third-order valence-electron chi connectivity index (χ3n) is 4.38. The topological polar surface area (TPSA) is 72.9 Å². The standard InChI is InChI=1S/C14H25N3O3/c1-10(2)12(8-13(18)19)15-14(20)17-7-6-16-5-3-4-11(16)9-17/h10-12H,3-9H2,1-2H3,(H,15,20)(H,18,19). The van der Waals surface area contributed by atoms with Crippen LogP contribution in [-0.4, -0.2) is 65.2 Å². The fourth-order valence-corrected chi connectivity index (χ4v) is 3.07. The zero-order valence-electron chi connectivity index (χ0n) is 12.3. The molecule has 2 N–H and O–H groups in total. The van der Waals surface area contributed by atoms with Crippen LogP contribution in [0.4, 0.5) is 4.79 Å². The lowest BCUT2D eigenvalue weighted by molar-refractivity contribution is -0.137. The van der Waals surface area contributed by atoms with Gasteiger partial charge < -0.3 is 15.3 Å². The third kappa shape index (κ3) is 3.62. The summed E-state index contributed by atoms with van der Waals surface area (Å²) in [5.41, 5.74) is 0. The largest absolute Gasteiger partial charge is 0.481 e. The molecule has 2 amide bonds. The minimum absolute atomic E-state index is 0.0210. The summed E-state index contributed by atoms with van der Waals surface area (Å²) >= 11 is 0. The first kappa shape index (κ1) is 15.1. The lowest BCUT2D eigenvalue weighted by Gasteiger charge is -2.38. The predicted octanol–water partition coefficient (Wildman–Crippen LogP) is 0.975. The number of hydrogen-bond acceptors (Lipinski definition) is 3. The molecule has 0 aromatic heterocycles. The summed E-state index contributed by atoms with van der Waals surface area (Å²) in [6, 6.07) is 0.0737. The van der Waals surface area contributed by atoms with Crippen LogP contribution in [0.5, 0.6) is 0 Å². The number of nitrogens with one attached hydrogen (secondary N) is 1. The van der Waals surface area contributed by atoms with Crippen LogP contribution in [0.25, 0.3) is 0 Å². The normalized spacial score (nSPS) is 24.6. The summed E-state index contributed by atoms with van der Waals surface area (Å²) in [6.07, 6.45) is 2.35. The van der Waals surface area contributed by atoms with Gasteiger partial charge in [0.1, 0.15) is 0 Å². The van der Waals surface area contributed by atoms with Crippen molar-refractivity contribution in [2.24, 2.45) is 5.92 Å². The number of rotatable bonds is 4. The molecular weight excluding hydrogens is 258 g/mol. The number of aliphatic carboxylic acids is 1. The van der Waals surface area contributed by atoms with Gasteiger partial charge in [-0.1, -0.05) is 13.8 Å². The van der Waals surface area contributed by atoms with Crippen LogP contribution in [0.1, 0.15) is 33.1 Å². The van der Waals surface area contributed by atoms with Crippen molar-refractivity contribution in [1.82, 2.24) is 15.1 Å². The zero-order chi connectivity index (χ0) is 14.7. The summed E-state index contributed by atoms with van der Waals surface area (Å²) in [7, 11) is 0. The Balaban J connectivity index is 1.88. The van der Waals surface area contributed by atoms with E-state index in [1.807, 2.05) is 18.7 Å². The van der Waals surface area contributed by atoms with Gasteiger partial charge >= 0.3 is 12.0 Å². The van der Waals surface area contributed by atoms with E-state index in [1.165, 1.54) is 6.42 Å². The Hall–Kier alpha value is -1.30. The van der Waals surface area contributed by atoms with Crippen LogP contribution in [0, 0.1) is 5.92 Å². The molecule has 6 nitrogen and oxygen atoms in total. The molecule has 6 heteroatoms. The Labute approximate surface area is 120 Å². The van der Waals surface area contributed by atoms with E-state index < -0.39 is 5.97 Å². The molecule has 20 heavy (non-hydrogen) atoms. The van der Waals surface area contributed by atoms with Gasteiger partial charge in [-0.2, -0.15) is 0 Å². The van der Waals surface area contributed by atoms with Crippen LogP contribution >= 0.6 is 0 Å². The van der Waals surface area contributed by atoms with Gasteiger partial charge in [-0.25, -0.2) is 4.79 Å². The van der Waals surface area contributed by atoms with Crippen LogP contribution in [0.3, 0.4) is 0 Å².